The van der Waals surface area contributed by atoms with Crippen molar-refractivity contribution in [3.63, 3.8) is 0 Å². The monoisotopic (exact) mass is 518 g/mol. The summed E-state index contributed by atoms with van der Waals surface area (Å²) in [6.07, 6.45) is 12.7. The van der Waals surface area contributed by atoms with Gasteiger partial charge in [-0.15, -0.1) is 0 Å². The van der Waals surface area contributed by atoms with Crippen LogP contribution in [0.4, 0.5) is 4.39 Å². The molecule has 0 saturated heterocycles. The lowest BCUT2D eigenvalue weighted by Crippen LogP contribution is -2.20. The molecule has 1 aromatic carbocycles. The topological polar surface area (TPSA) is 108 Å². The van der Waals surface area contributed by atoms with Gasteiger partial charge in [0.25, 0.3) is 0 Å². The van der Waals surface area contributed by atoms with Crippen molar-refractivity contribution in [1.29, 1.82) is 0 Å². The van der Waals surface area contributed by atoms with Crippen molar-refractivity contribution in [3.8, 4) is 33.9 Å². The Kier molecular flexibility index (Phi) is 6.05. The fraction of sp³-hybridized carbons (Fsp3) is 0.233. The molecule has 0 bridgehead atoms. The fourth-order valence-electron chi connectivity index (χ4n) is 5.51. The number of pyridine rings is 3. The molecule has 0 atom stereocenters. The number of imidazole rings is 1. The largest absolute Gasteiger partial charge is 0.336 e. The molecule has 3 N–H and O–H groups in total. The van der Waals surface area contributed by atoms with E-state index in [1.165, 1.54) is 37.8 Å². The summed E-state index contributed by atoms with van der Waals surface area (Å²) >= 11 is 0. The molecule has 1 aliphatic rings. The highest BCUT2D eigenvalue weighted by molar-refractivity contribution is 5.96. The standard InChI is InChI=1S/C30H27FN8/c31-23-7-3-6-20(11-23)26-28-25(8-9-34-26)36-30(37-28)27-24-12-22(17-35-29(24)39-38-27)21-10-19(15-33-16-21)14-32-13-18-4-1-2-5-18/h3,6-12,15-18,32H,1-2,4-5,13-14H2,(H,36,37)(H,35,38,39). The molecule has 6 aromatic rings. The van der Waals surface area contributed by atoms with Crippen LogP contribution >= 0.6 is 0 Å². The van der Waals surface area contributed by atoms with Gasteiger partial charge in [0.05, 0.1) is 16.6 Å². The Bertz CT molecular complexity index is 1780. The first-order valence-electron chi connectivity index (χ1n) is 13.3. The Morgan fingerprint density at radius 2 is 1.82 bits per heavy atom. The normalized spacial score (nSPS) is 14.1. The fourth-order valence-corrected chi connectivity index (χ4v) is 5.51. The second-order valence-corrected chi connectivity index (χ2v) is 10.2. The number of rotatable bonds is 7. The van der Waals surface area contributed by atoms with Crippen LogP contribution in [0.3, 0.4) is 0 Å². The third kappa shape index (κ3) is 4.66. The van der Waals surface area contributed by atoms with Crippen LogP contribution in [0.15, 0.2) is 67.3 Å². The summed E-state index contributed by atoms with van der Waals surface area (Å²) in [5.74, 6) is 1.07. The smallest absolute Gasteiger partial charge is 0.159 e. The predicted molar refractivity (Wildman–Crippen MR) is 149 cm³/mol. The van der Waals surface area contributed by atoms with Gasteiger partial charge in [-0.25, -0.2) is 14.4 Å². The number of aromatic nitrogens is 7. The minimum Gasteiger partial charge on any atom is -0.336 e. The summed E-state index contributed by atoms with van der Waals surface area (Å²) in [5, 5.41) is 12.0. The van der Waals surface area contributed by atoms with Crippen molar-refractivity contribution in [2.75, 3.05) is 6.54 Å². The average molecular weight is 519 g/mol. The molecule has 8 nitrogen and oxygen atoms in total. The Labute approximate surface area is 224 Å². The number of H-pyrrole nitrogens is 2. The van der Waals surface area contributed by atoms with Crippen molar-refractivity contribution in [3.05, 3.63) is 78.6 Å². The van der Waals surface area contributed by atoms with E-state index in [4.69, 9.17) is 4.98 Å². The van der Waals surface area contributed by atoms with Crippen LogP contribution in [0.5, 0.6) is 0 Å². The van der Waals surface area contributed by atoms with Crippen molar-refractivity contribution in [2.45, 2.75) is 32.2 Å². The molecule has 0 radical (unpaired) electrons. The summed E-state index contributed by atoms with van der Waals surface area (Å²) in [6.45, 7) is 1.86. The number of nitrogens with one attached hydrogen (secondary N) is 3. The lowest BCUT2D eigenvalue weighted by atomic mass is 10.1. The highest BCUT2D eigenvalue weighted by atomic mass is 19.1. The van der Waals surface area contributed by atoms with Crippen molar-refractivity contribution in [1.82, 2.24) is 40.4 Å². The Hall–Kier alpha value is -4.50. The van der Waals surface area contributed by atoms with Gasteiger partial charge in [0.2, 0.25) is 0 Å². The molecular formula is C30H27FN8. The lowest BCUT2D eigenvalue weighted by molar-refractivity contribution is 0.489. The molecule has 0 amide bonds. The summed E-state index contributed by atoms with van der Waals surface area (Å²) in [5.41, 5.74) is 7.14. The van der Waals surface area contributed by atoms with E-state index in [9.17, 15) is 4.39 Å². The van der Waals surface area contributed by atoms with E-state index in [-0.39, 0.29) is 5.82 Å². The van der Waals surface area contributed by atoms with Gasteiger partial charge < -0.3 is 10.3 Å². The van der Waals surface area contributed by atoms with Gasteiger partial charge in [-0.05, 0) is 61.2 Å². The van der Waals surface area contributed by atoms with Crippen LogP contribution in [0.1, 0.15) is 31.2 Å². The van der Waals surface area contributed by atoms with E-state index in [2.05, 4.69) is 47.6 Å². The van der Waals surface area contributed by atoms with Crippen LogP contribution in [0, 0.1) is 11.7 Å². The zero-order valence-electron chi connectivity index (χ0n) is 21.3. The molecule has 0 aliphatic heterocycles. The van der Waals surface area contributed by atoms with E-state index in [0.29, 0.717) is 33.9 Å². The van der Waals surface area contributed by atoms with Gasteiger partial charge in [0, 0.05) is 48.0 Å². The Morgan fingerprint density at radius 1 is 0.923 bits per heavy atom. The maximum Gasteiger partial charge on any atom is 0.159 e. The SMILES string of the molecule is Fc1cccc(-c2nccc3[nH]c(-c4n[nH]c5ncc(-c6cncc(CNCC7CCCC7)c6)cc45)nc23)c1. The van der Waals surface area contributed by atoms with Gasteiger partial charge in [0.1, 0.15) is 17.0 Å². The molecule has 0 unspecified atom stereocenters. The summed E-state index contributed by atoms with van der Waals surface area (Å²) < 4.78 is 13.9. The second kappa shape index (κ2) is 9.99. The molecule has 0 spiro atoms. The number of nitrogens with zero attached hydrogens (tertiary/aromatic N) is 5. The van der Waals surface area contributed by atoms with Gasteiger partial charge in [0.15, 0.2) is 11.5 Å². The molecule has 1 fully saturated rings. The molecule has 9 heteroatoms. The number of aromatic amines is 2. The zero-order valence-corrected chi connectivity index (χ0v) is 21.3. The molecule has 7 rings (SSSR count). The predicted octanol–water partition coefficient (Wildman–Crippen LogP) is 6.04. The second-order valence-electron chi connectivity index (χ2n) is 10.2. The Morgan fingerprint density at radius 3 is 2.72 bits per heavy atom. The molecule has 194 valence electrons. The highest BCUT2D eigenvalue weighted by Crippen LogP contribution is 2.32. The summed E-state index contributed by atoms with van der Waals surface area (Å²) in [4.78, 5) is 21.8. The van der Waals surface area contributed by atoms with Gasteiger partial charge in [-0.3, -0.25) is 15.1 Å². The average Bonchev–Trinajstić information content (AvgIpc) is 3.72. The van der Waals surface area contributed by atoms with Gasteiger partial charge in [-0.2, -0.15) is 5.10 Å². The molecule has 39 heavy (non-hydrogen) atoms. The molecule has 1 aliphatic carbocycles. The molecule has 5 heterocycles. The third-order valence-electron chi connectivity index (χ3n) is 7.50. The number of halogens is 1. The van der Waals surface area contributed by atoms with Crippen molar-refractivity contribution < 1.29 is 4.39 Å². The van der Waals surface area contributed by atoms with Gasteiger partial charge >= 0.3 is 0 Å². The zero-order chi connectivity index (χ0) is 26.2. The Balaban J connectivity index is 1.20. The quantitative estimate of drug-likeness (QED) is 0.238. The number of hydrogen-bond acceptors (Lipinski definition) is 6. The lowest BCUT2D eigenvalue weighted by Gasteiger charge is -2.11. The molecule has 1 saturated carbocycles. The van der Waals surface area contributed by atoms with E-state index in [1.807, 2.05) is 30.7 Å². The van der Waals surface area contributed by atoms with Crippen LogP contribution in [0.25, 0.3) is 56.0 Å². The summed E-state index contributed by atoms with van der Waals surface area (Å²) in [6, 6.07) is 12.4. The first-order chi connectivity index (χ1) is 19.2. The first kappa shape index (κ1) is 23.6. The van der Waals surface area contributed by atoms with E-state index < -0.39 is 0 Å². The van der Waals surface area contributed by atoms with Crippen molar-refractivity contribution in [2.24, 2.45) is 5.92 Å². The van der Waals surface area contributed by atoms with Crippen LogP contribution in [-0.4, -0.2) is 41.7 Å². The van der Waals surface area contributed by atoms with Crippen LogP contribution in [-0.2, 0) is 6.54 Å². The molecule has 5 aromatic heterocycles. The minimum absolute atomic E-state index is 0.317. The van der Waals surface area contributed by atoms with Crippen molar-refractivity contribution >= 4 is 22.1 Å². The third-order valence-corrected chi connectivity index (χ3v) is 7.50. The highest BCUT2D eigenvalue weighted by Gasteiger charge is 2.18. The number of fused-ring (bicyclic) bond motifs is 2. The summed E-state index contributed by atoms with van der Waals surface area (Å²) in [7, 11) is 0. The minimum atomic E-state index is -0.317. The number of hydrogen-bond donors (Lipinski definition) is 3. The van der Waals surface area contributed by atoms with Crippen LogP contribution < -0.4 is 5.32 Å². The van der Waals surface area contributed by atoms with Gasteiger partial charge in [-0.1, -0.05) is 25.0 Å². The number of benzene rings is 1. The van der Waals surface area contributed by atoms with E-state index >= 15 is 0 Å². The maximum absolute atomic E-state index is 13.9. The van der Waals surface area contributed by atoms with E-state index in [1.54, 1.807) is 12.3 Å². The molecular weight excluding hydrogens is 491 g/mol. The first-order valence-corrected chi connectivity index (χ1v) is 13.3. The van der Waals surface area contributed by atoms with Crippen LogP contribution in [0.2, 0.25) is 0 Å². The van der Waals surface area contributed by atoms with E-state index in [0.717, 1.165) is 46.6 Å². The maximum atomic E-state index is 13.9.